The molecule has 7 heteroatoms. The Kier molecular flexibility index (Phi) is 6.76. The average Bonchev–Trinajstić information content (AvgIpc) is 2.97. The van der Waals surface area contributed by atoms with Crippen LogP contribution in [-0.4, -0.2) is 26.9 Å². The van der Waals surface area contributed by atoms with Gasteiger partial charge in [-0.3, -0.25) is 0 Å². The van der Waals surface area contributed by atoms with Crippen molar-refractivity contribution in [3.05, 3.63) is 30.2 Å². The van der Waals surface area contributed by atoms with Crippen LogP contribution in [0.25, 0.3) is 11.4 Å². The van der Waals surface area contributed by atoms with Gasteiger partial charge in [-0.1, -0.05) is 31.1 Å². The first-order valence-corrected chi connectivity index (χ1v) is 7.87. The van der Waals surface area contributed by atoms with E-state index in [1.54, 1.807) is 45.9 Å². The van der Waals surface area contributed by atoms with Crippen molar-refractivity contribution < 1.29 is 19.2 Å². The molecule has 0 radical (unpaired) electrons. The van der Waals surface area contributed by atoms with Crippen molar-refractivity contribution in [2.75, 3.05) is 0 Å². The van der Waals surface area contributed by atoms with E-state index in [1.807, 2.05) is 13.8 Å². The minimum absolute atomic E-state index is 0.115. The Morgan fingerprint density at radius 3 is 2.58 bits per heavy atom. The molecule has 2 N–H and O–H groups in total. The molecule has 2 rings (SSSR count). The maximum absolute atomic E-state index is 11.7. The molecule has 1 atom stereocenters. The van der Waals surface area contributed by atoms with Gasteiger partial charge >= 0.3 is 6.09 Å². The summed E-state index contributed by atoms with van der Waals surface area (Å²) in [4.78, 5) is 15.9. The molecule has 7 nitrogen and oxygen atoms in total. The zero-order chi connectivity index (χ0) is 18.3. The van der Waals surface area contributed by atoms with Gasteiger partial charge in [0.25, 0.3) is 0 Å². The predicted molar refractivity (Wildman–Crippen MR) is 90.5 cm³/mol. The van der Waals surface area contributed by atoms with E-state index in [0.29, 0.717) is 11.4 Å². The van der Waals surface area contributed by atoms with Gasteiger partial charge in [0.05, 0.1) is 0 Å². The molecule has 24 heavy (non-hydrogen) atoms. The Labute approximate surface area is 142 Å². The molecule has 0 aliphatic rings. The van der Waals surface area contributed by atoms with Crippen molar-refractivity contribution in [2.45, 2.75) is 53.2 Å². The van der Waals surface area contributed by atoms with Gasteiger partial charge in [-0.05, 0) is 39.8 Å². The third-order valence-electron chi connectivity index (χ3n) is 2.65. The second kappa shape index (κ2) is 8.33. The van der Waals surface area contributed by atoms with Crippen LogP contribution in [0, 0.1) is 0 Å². The highest BCUT2D eigenvalue weighted by molar-refractivity contribution is 5.68. The first-order valence-electron chi connectivity index (χ1n) is 7.87. The number of hydrogen-bond donors (Lipinski definition) is 2. The van der Waals surface area contributed by atoms with Gasteiger partial charge < -0.3 is 19.7 Å². The molecule has 1 unspecified atom stereocenters. The lowest BCUT2D eigenvalue weighted by Crippen LogP contribution is -2.34. The number of alkyl carbamates (subject to hydrolysis) is 1. The number of aromatic nitrogens is 2. The van der Waals surface area contributed by atoms with E-state index in [9.17, 15) is 9.90 Å². The molecular formula is C17H25N3O4. The van der Waals surface area contributed by atoms with Crippen molar-refractivity contribution in [2.24, 2.45) is 0 Å². The molecule has 1 amide bonds. The molecule has 0 spiro atoms. The molecule has 0 fully saturated rings. The number of nitrogens with zero attached hydrogens (tertiary/aromatic N) is 2. The second-order valence-corrected chi connectivity index (χ2v) is 5.87. The van der Waals surface area contributed by atoms with Crippen LogP contribution in [-0.2, 0) is 4.74 Å². The predicted octanol–water partition coefficient (Wildman–Crippen LogP) is 4.05. The topological polar surface area (TPSA) is 97.5 Å². The molecule has 0 bridgehead atoms. The minimum atomic E-state index is -0.578. The maximum Gasteiger partial charge on any atom is 0.408 e. The Balaban J connectivity index is 0.00000139. The van der Waals surface area contributed by atoms with Crippen molar-refractivity contribution in [1.29, 1.82) is 0 Å². The fourth-order valence-corrected chi connectivity index (χ4v) is 1.72. The minimum Gasteiger partial charge on any atom is -0.508 e. The van der Waals surface area contributed by atoms with Crippen LogP contribution >= 0.6 is 0 Å². The van der Waals surface area contributed by atoms with E-state index in [2.05, 4.69) is 15.5 Å². The van der Waals surface area contributed by atoms with Crippen molar-refractivity contribution in [1.82, 2.24) is 15.5 Å². The number of ether oxygens (including phenoxy) is 1. The number of rotatable bonds is 3. The van der Waals surface area contributed by atoms with E-state index >= 15 is 0 Å². The summed E-state index contributed by atoms with van der Waals surface area (Å²) in [6.07, 6.45) is -0.558. The first-order chi connectivity index (χ1) is 11.2. The van der Waals surface area contributed by atoms with Crippen molar-refractivity contribution in [3.63, 3.8) is 0 Å². The van der Waals surface area contributed by atoms with Crippen molar-refractivity contribution >= 4 is 6.09 Å². The number of hydrogen-bond acceptors (Lipinski definition) is 6. The van der Waals surface area contributed by atoms with Crippen LogP contribution in [0.1, 0.15) is 53.5 Å². The van der Waals surface area contributed by atoms with Gasteiger partial charge in [0.1, 0.15) is 17.4 Å². The highest BCUT2D eigenvalue weighted by Crippen LogP contribution is 2.22. The van der Waals surface area contributed by atoms with Crippen LogP contribution in [0.15, 0.2) is 28.8 Å². The second-order valence-electron chi connectivity index (χ2n) is 5.87. The Morgan fingerprint density at radius 2 is 2.00 bits per heavy atom. The van der Waals surface area contributed by atoms with E-state index in [-0.39, 0.29) is 11.6 Å². The third kappa shape index (κ3) is 5.91. The highest BCUT2D eigenvalue weighted by atomic mass is 16.6. The van der Waals surface area contributed by atoms with E-state index in [0.717, 1.165) is 0 Å². The standard InChI is InChI=1S/C15H19N3O4.C2H6/c1-9(16-14(20)21-15(2,3)4)13-17-12(18-22-13)10-6-5-7-11(19)8-10;1-2/h5-9,19H,1-4H3,(H,16,20);1-2H3. The van der Waals surface area contributed by atoms with Crippen LogP contribution in [0.2, 0.25) is 0 Å². The summed E-state index contributed by atoms with van der Waals surface area (Å²) in [5.41, 5.74) is 0.0465. The molecule has 0 aliphatic carbocycles. The molecule has 0 saturated heterocycles. The van der Waals surface area contributed by atoms with E-state index < -0.39 is 17.7 Å². The summed E-state index contributed by atoms with van der Waals surface area (Å²) in [6.45, 7) is 11.1. The summed E-state index contributed by atoms with van der Waals surface area (Å²) in [7, 11) is 0. The van der Waals surface area contributed by atoms with Gasteiger partial charge in [0, 0.05) is 5.56 Å². The molecule has 0 saturated carbocycles. The van der Waals surface area contributed by atoms with E-state index in [1.165, 1.54) is 6.07 Å². The number of benzene rings is 1. The lowest BCUT2D eigenvalue weighted by Gasteiger charge is -2.20. The molecule has 1 heterocycles. The lowest BCUT2D eigenvalue weighted by atomic mass is 10.2. The first kappa shape index (κ1) is 19.5. The summed E-state index contributed by atoms with van der Waals surface area (Å²) >= 11 is 0. The quantitative estimate of drug-likeness (QED) is 0.878. The number of phenols is 1. The van der Waals surface area contributed by atoms with Gasteiger partial charge in [-0.2, -0.15) is 4.98 Å². The third-order valence-corrected chi connectivity index (χ3v) is 2.65. The summed E-state index contributed by atoms with van der Waals surface area (Å²) in [5.74, 6) is 0.705. The van der Waals surface area contributed by atoms with E-state index in [4.69, 9.17) is 9.26 Å². The summed E-state index contributed by atoms with van der Waals surface area (Å²) in [5, 5.41) is 15.9. The zero-order valence-electron chi connectivity index (χ0n) is 15.0. The number of carbonyl (C=O) groups is 1. The molecule has 1 aromatic heterocycles. The monoisotopic (exact) mass is 335 g/mol. The summed E-state index contributed by atoms with van der Waals surface area (Å²) < 4.78 is 10.3. The summed E-state index contributed by atoms with van der Waals surface area (Å²) in [6, 6.07) is 6.02. The molecular weight excluding hydrogens is 310 g/mol. The van der Waals surface area contributed by atoms with Crippen LogP contribution in [0.3, 0.4) is 0 Å². The maximum atomic E-state index is 11.7. The van der Waals surface area contributed by atoms with Gasteiger partial charge in [-0.25, -0.2) is 4.79 Å². The number of nitrogens with one attached hydrogen (secondary N) is 1. The average molecular weight is 335 g/mol. The molecule has 2 aromatic rings. The molecule has 132 valence electrons. The Hall–Kier alpha value is -2.57. The van der Waals surface area contributed by atoms with Gasteiger partial charge in [-0.15, -0.1) is 0 Å². The largest absolute Gasteiger partial charge is 0.508 e. The molecule has 0 aliphatic heterocycles. The zero-order valence-corrected chi connectivity index (χ0v) is 15.0. The SMILES string of the molecule is CC.CC(NC(=O)OC(C)(C)C)c1nc(-c2cccc(O)c2)no1. The fraction of sp³-hybridized carbons (Fsp3) is 0.471. The Morgan fingerprint density at radius 1 is 1.33 bits per heavy atom. The van der Waals surface area contributed by atoms with Gasteiger partial charge in [0.15, 0.2) is 0 Å². The van der Waals surface area contributed by atoms with Crippen molar-refractivity contribution in [3.8, 4) is 17.1 Å². The number of aromatic hydroxyl groups is 1. The van der Waals surface area contributed by atoms with Crippen LogP contribution < -0.4 is 5.32 Å². The van der Waals surface area contributed by atoms with Crippen LogP contribution in [0.5, 0.6) is 5.75 Å². The highest BCUT2D eigenvalue weighted by Gasteiger charge is 2.21. The molecule has 1 aromatic carbocycles. The van der Waals surface area contributed by atoms with Gasteiger partial charge in [0.2, 0.25) is 11.7 Å². The number of phenolic OH excluding ortho intramolecular Hbond substituents is 1. The number of amides is 1. The fourth-order valence-electron chi connectivity index (χ4n) is 1.72. The normalized spacial score (nSPS) is 11.9. The smallest absolute Gasteiger partial charge is 0.408 e. The lowest BCUT2D eigenvalue weighted by molar-refractivity contribution is 0.0499. The Bertz CT molecular complexity index is 662. The van der Waals surface area contributed by atoms with Crippen LogP contribution in [0.4, 0.5) is 4.79 Å². The number of carbonyl (C=O) groups excluding carboxylic acids is 1.